The van der Waals surface area contributed by atoms with Crippen LogP contribution in [0.5, 0.6) is 5.75 Å². The highest BCUT2D eigenvalue weighted by atomic mass is 35.5. The van der Waals surface area contributed by atoms with E-state index in [2.05, 4.69) is 30.9 Å². The lowest BCUT2D eigenvalue weighted by Gasteiger charge is -2.40. The number of rotatable bonds is 9. The Morgan fingerprint density at radius 2 is 1.92 bits per heavy atom. The minimum Gasteiger partial charge on any atom is -0.492 e. The van der Waals surface area contributed by atoms with E-state index < -0.39 is 5.60 Å². The lowest BCUT2D eigenvalue weighted by atomic mass is 9.73. The van der Waals surface area contributed by atoms with Crippen LogP contribution >= 0.6 is 23.2 Å². The van der Waals surface area contributed by atoms with E-state index >= 15 is 0 Å². The van der Waals surface area contributed by atoms with Crippen LogP contribution in [0.1, 0.15) is 46.5 Å². The highest BCUT2D eigenvalue weighted by Crippen LogP contribution is 2.36. The molecule has 1 N–H and O–H groups in total. The first-order valence-electron chi connectivity index (χ1n) is 8.84. The number of ether oxygens (including phenoxy) is 1. The zero-order chi connectivity index (χ0) is 19.2. The Bertz CT molecular complexity index is 687. The fourth-order valence-corrected chi connectivity index (χ4v) is 3.21. The Balaban J connectivity index is 1.77. The van der Waals surface area contributed by atoms with Gasteiger partial charge in [-0.2, -0.15) is 5.10 Å². The Hall–Kier alpha value is -1.30. The average molecular weight is 400 g/mol. The summed E-state index contributed by atoms with van der Waals surface area (Å²) in [5.74, 6) is 0.647. The largest absolute Gasteiger partial charge is 0.492 e. The Kier molecular flexibility index (Phi) is 7.33. The van der Waals surface area contributed by atoms with Crippen molar-refractivity contribution in [1.82, 2.24) is 14.8 Å². The number of unbranched alkanes of at least 4 members (excludes halogenated alkanes) is 2. The van der Waals surface area contributed by atoms with Crippen molar-refractivity contribution in [3.63, 3.8) is 0 Å². The van der Waals surface area contributed by atoms with Crippen LogP contribution in [0.3, 0.4) is 0 Å². The van der Waals surface area contributed by atoms with Gasteiger partial charge in [-0.3, -0.25) is 4.68 Å². The quantitative estimate of drug-likeness (QED) is 0.602. The minimum atomic E-state index is -0.846. The summed E-state index contributed by atoms with van der Waals surface area (Å²) in [4.78, 5) is 3.96. The molecule has 2 rings (SSSR count). The zero-order valence-corrected chi connectivity index (χ0v) is 17.1. The summed E-state index contributed by atoms with van der Waals surface area (Å²) in [5, 5.41) is 16.4. The molecule has 0 bridgehead atoms. The van der Waals surface area contributed by atoms with Crippen LogP contribution in [0, 0.1) is 5.41 Å². The molecule has 1 unspecified atom stereocenters. The lowest BCUT2D eigenvalue weighted by molar-refractivity contribution is -0.0815. The van der Waals surface area contributed by atoms with Crippen molar-refractivity contribution < 1.29 is 9.84 Å². The molecule has 7 heteroatoms. The SMILES string of the molecule is CC(C)(C)C(O)(CCCCCOc1ccc(Cl)cc1Cl)Cn1cncn1. The predicted octanol–water partition coefficient (Wildman–Crippen LogP) is 5.00. The van der Waals surface area contributed by atoms with E-state index in [4.69, 9.17) is 27.9 Å². The Morgan fingerprint density at radius 1 is 1.15 bits per heavy atom. The van der Waals surface area contributed by atoms with Crippen LogP contribution in [0.2, 0.25) is 10.0 Å². The Labute approximate surface area is 165 Å². The molecule has 144 valence electrons. The van der Waals surface area contributed by atoms with Gasteiger partial charge in [-0.25, -0.2) is 4.98 Å². The first kappa shape index (κ1) is 21.0. The molecule has 2 aromatic rings. The van der Waals surface area contributed by atoms with Crippen molar-refractivity contribution in [2.75, 3.05) is 6.61 Å². The maximum absolute atomic E-state index is 11.2. The molecule has 0 aliphatic heterocycles. The molecule has 0 aliphatic carbocycles. The van der Waals surface area contributed by atoms with Crippen molar-refractivity contribution in [3.05, 3.63) is 40.9 Å². The summed E-state index contributed by atoms with van der Waals surface area (Å²) < 4.78 is 7.39. The molecule has 0 fully saturated rings. The highest BCUT2D eigenvalue weighted by Gasteiger charge is 2.40. The molecular weight excluding hydrogens is 373 g/mol. The lowest BCUT2D eigenvalue weighted by Crippen LogP contribution is -2.46. The smallest absolute Gasteiger partial charge is 0.137 e. The van der Waals surface area contributed by atoms with Crippen LogP contribution in [-0.2, 0) is 6.54 Å². The summed E-state index contributed by atoms with van der Waals surface area (Å²) in [6.07, 6.45) is 6.57. The molecule has 1 heterocycles. The second-order valence-electron chi connectivity index (χ2n) is 7.61. The van der Waals surface area contributed by atoms with Gasteiger partial charge in [0.2, 0.25) is 0 Å². The predicted molar refractivity (Wildman–Crippen MR) is 105 cm³/mol. The molecule has 0 saturated carbocycles. The molecule has 5 nitrogen and oxygen atoms in total. The molecular formula is C19H27Cl2N3O2. The van der Waals surface area contributed by atoms with Crippen LogP contribution in [0.25, 0.3) is 0 Å². The van der Waals surface area contributed by atoms with Gasteiger partial charge in [0, 0.05) is 5.02 Å². The Morgan fingerprint density at radius 3 is 2.54 bits per heavy atom. The van der Waals surface area contributed by atoms with Gasteiger partial charge in [-0.1, -0.05) is 50.4 Å². The van der Waals surface area contributed by atoms with Crippen molar-refractivity contribution >= 4 is 23.2 Å². The summed E-state index contributed by atoms with van der Waals surface area (Å²) in [6.45, 7) is 7.17. The molecule has 26 heavy (non-hydrogen) atoms. The van der Waals surface area contributed by atoms with Gasteiger partial charge < -0.3 is 9.84 Å². The zero-order valence-electron chi connectivity index (χ0n) is 15.6. The van der Waals surface area contributed by atoms with E-state index in [9.17, 15) is 5.11 Å². The van der Waals surface area contributed by atoms with E-state index in [1.165, 1.54) is 6.33 Å². The maximum atomic E-state index is 11.2. The highest BCUT2D eigenvalue weighted by molar-refractivity contribution is 6.35. The second kappa shape index (κ2) is 9.07. The molecule has 0 spiro atoms. The van der Waals surface area contributed by atoms with Gasteiger partial charge in [0.1, 0.15) is 18.4 Å². The number of hydrogen-bond acceptors (Lipinski definition) is 4. The fourth-order valence-electron chi connectivity index (χ4n) is 2.74. The van der Waals surface area contributed by atoms with Crippen molar-refractivity contribution in [2.45, 2.75) is 58.6 Å². The maximum Gasteiger partial charge on any atom is 0.137 e. The third-order valence-corrected chi connectivity index (χ3v) is 5.20. The molecule has 0 saturated heterocycles. The van der Waals surface area contributed by atoms with Gasteiger partial charge in [0.15, 0.2) is 0 Å². The van der Waals surface area contributed by atoms with E-state index in [-0.39, 0.29) is 5.41 Å². The second-order valence-corrected chi connectivity index (χ2v) is 8.45. The first-order valence-corrected chi connectivity index (χ1v) is 9.59. The van der Waals surface area contributed by atoms with Crippen molar-refractivity contribution in [2.24, 2.45) is 5.41 Å². The molecule has 0 amide bonds. The monoisotopic (exact) mass is 399 g/mol. The fraction of sp³-hybridized carbons (Fsp3) is 0.579. The number of halogens is 2. The molecule has 1 atom stereocenters. The van der Waals surface area contributed by atoms with Gasteiger partial charge >= 0.3 is 0 Å². The van der Waals surface area contributed by atoms with E-state index in [1.807, 2.05) is 0 Å². The van der Waals surface area contributed by atoms with Crippen LogP contribution in [-0.4, -0.2) is 32.1 Å². The normalized spacial score (nSPS) is 14.2. The number of hydrogen-bond donors (Lipinski definition) is 1. The summed E-state index contributed by atoms with van der Waals surface area (Å²) in [5.41, 5.74) is -1.10. The van der Waals surface area contributed by atoms with Crippen molar-refractivity contribution in [1.29, 1.82) is 0 Å². The average Bonchev–Trinajstić information content (AvgIpc) is 3.04. The summed E-state index contributed by atoms with van der Waals surface area (Å²) in [7, 11) is 0. The van der Waals surface area contributed by atoms with Crippen molar-refractivity contribution in [3.8, 4) is 5.75 Å². The van der Waals surface area contributed by atoms with Crippen LogP contribution in [0.15, 0.2) is 30.9 Å². The van der Waals surface area contributed by atoms with Gasteiger partial charge in [-0.05, 0) is 42.9 Å². The number of nitrogens with zero attached hydrogens (tertiary/aromatic N) is 3. The van der Waals surface area contributed by atoms with Crippen LogP contribution in [0.4, 0.5) is 0 Å². The molecule has 0 radical (unpaired) electrons. The van der Waals surface area contributed by atoms with Gasteiger partial charge in [-0.15, -0.1) is 0 Å². The third-order valence-electron chi connectivity index (χ3n) is 4.67. The summed E-state index contributed by atoms with van der Waals surface area (Å²) >= 11 is 12.0. The van der Waals surface area contributed by atoms with Crippen LogP contribution < -0.4 is 4.74 Å². The van der Waals surface area contributed by atoms with E-state index in [1.54, 1.807) is 29.2 Å². The number of aromatic nitrogens is 3. The molecule has 1 aromatic heterocycles. The minimum absolute atomic E-state index is 0.258. The summed E-state index contributed by atoms with van der Waals surface area (Å²) in [6, 6.07) is 5.21. The van der Waals surface area contributed by atoms with E-state index in [0.717, 1.165) is 19.3 Å². The third kappa shape index (κ3) is 5.86. The van der Waals surface area contributed by atoms with Gasteiger partial charge in [0.25, 0.3) is 0 Å². The number of aliphatic hydroxyl groups is 1. The van der Waals surface area contributed by atoms with Gasteiger partial charge in [0.05, 0.1) is 23.8 Å². The molecule has 0 aliphatic rings. The number of benzene rings is 1. The molecule has 1 aromatic carbocycles. The first-order chi connectivity index (χ1) is 12.2. The standard InChI is InChI=1S/C19H27Cl2N3O2/c1-18(2,3)19(25,12-24-14-22-13-23-24)9-5-4-6-10-26-17-8-7-15(20)11-16(17)21/h7-8,11,13-14,25H,4-6,9-10,12H2,1-3H3. The topological polar surface area (TPSA) is 60.2 Å². The van der Waals surface area contributed by atoms with E-state index in [0.29, 0.717) is 35.4 Å².